The molecule has 1 aromatic rings. The lowest BCUT2D eigenvalue weighted by Gasteiger charge is -2.32. The van der Waals surface area contributed by atoms with Crippen molar-refractivity contribution in [3.63, 3.8) is 0 Å². The lowest BCUT2D eigenvalue weighted by atomic mass is 10.0. The van der Waals surface area contributed by atoms with Crippen LogP contribution in [0.3, 0.4) is 0 Å². The highest BCUT2D eigenvalue weighted by Gasteiger charge is 2.18. The van der Waals surface area contributed by atoms with Crippen LogP contribution in [0.15, 0.2) is 17.1 Å². The molecule has 5 heteroatoms. The van der Waals surface area contributed by atoms with Crippen molar-refractivity contribution in [3.8, 4) is 0 Å². The first-order chi connectivity index (χ1) is 7.66. The summed E-state index contributed by atoms with van der Waals surface area (Å²) in [6.07, 6.45) is 5.55. The van der Waals surface area contributed by atoms with Crippen LogP contribution in [-0.2, 0) is 6.54 Å². The van der Waals surface area contributed by atoms with Gasteiger partial charge in [0.05, 0.1) is 0 Å². The van der Waals surface area contributed by atoms with Crippen LogP contribution >= 0.6 is 12.2 Å². The number of aromatic nitrogens is 2. The second-order valence-electron chi connectivity index (χ2n) is 4.39. The highest BCUT2D eigenvalue weighted by atomic mass is 32.1. The first-order valence-electron chi connectivity index (χ1n) is 5.67. The number of H-pyrrole nitrogens is 1. The molecule has 0 aromatic carbocycles. The number of piperidine rings is 1. The fourth-order valence-electron chi connectivity index (χ4n) is 2.19. The predicted molar refractivity (Wildman–Crippen MR) is 66.2 cm³/mol. The number of aromatic amines is 1. The van der Waals surface area contributed by atoms with E-state index in [2.05, 4.69) is 16.9 Å². The van der Waals surface area contributed by atoms with Gasteiger partial charge in [0.25, 0.3) is 5.56 Å². The highest BCUT2D eigenvalue weighted by Crippen LogP contribution is 2.16. The lowest BCUT2D eigenvalue weighted by Crippen LogP contribution is -2.39. The second-order valence-corrected chi connectivity index (χ2v) is 4.78. The van der Waals surface area contributed by atoms with Crippen molar-refractivity contribution in [1.29, 1.82) is 0 Å². The maximum absolute atomic E-state index is 11.1. The quantitative estimate of drug-likeness (QED) is 0.793. The summed E-state index contributed by atoms with van der Waals surface area (Å²) in [5.41, 5.74) is -0.127. The standard InChI is InChI=1S/C11H17N3OS/c1-13-6-3-2-4-9(13)8-14-7-5-10(15)12-11(14)16/h5,7,9H,2-4,6,8H2,1H3,(H,12,15,16). The third-order valence-corrected chi connectivity index (χ3v) is 3.56. The van der Waals surface area contributed by atoms with Crippen LogP contribution in [0.25, 0.3) is 0 Å². The maximum Gasteiger partial charge on any atom is 0.251 e. The fraction of sp³-hybridized carbons (Fsp3) is 0.636. The molecular formula is C11H17N3OS. The van der Waals surface area contributed by atoms with Gasteiger partial charge < -0.3 is 9.47 Å². The molecule has 16 heavy (non-hydrogen) atoms. The number of hydrogen-bond acceptors (Lipinski definition) is 3. The van der Waals surface area contributed by atoms with Crippen LogP contribution in [0, 0.1) is 4.77 Å². The van der Waals surface area contributed by atoms with E-state index >= 15 is 0 Å². The molecule has 1 saturated heterocycles. The minimum Gasteiger partial charge on any atom is -0.324 e. The molecule has 0 aliphatic carbocycles. The molecule has 0 spiro atoms. The van der Waals surface area contributed by atoms with Crippen LogP contribution in [0.5, 0.6) is 0 Å². The van der Waals surface area contributed by atoms with Crippen molar-refractivity contribution in [2.75, 3.05) is 13.6 Å². The number of likely N-dealkylation sites (N-methyl/N-ethyl adjacent to an activating group) is 1. The average molecular weight is 239 g/mol. The summed E-state index contributed by atoms with van der Waals surface area (Å²) in [4.78, 5) is 16.1. The van der Waals surface area contributed by atoms with Gasteiger partial charge in [-0.2, -0.15) is 0 Å². The topological polar surface area (TPSA) is 41.0 Å². The Morgan fingerprint density at radius 3 is 3.06 bits per heavy atom. The third-order valence-electron chi connectivity index (χ3n) is 3.23. The monoisotopic (exact) mass is 239 g/mol. The normalized spacial score (nSPS) is 22.2. The minimum atomic E-state index is -0.127. The molecule has 0 amide bonds. The SMILES string of the molecule is CN1CCCCC1Cn1ccc(=O)[nH]c1=S. The zero-order chi connectivity index (χ0) is 11.5. The Bertz CT molecular complexity index is 465. The number of nitrogens with one attached hydrogen (secondary N) is 1. The van der Waals surface area contributed by atoms with Gasteiger partial charge in [0.15, 0.2) is 4.77 Å². The molecule has 0 bridgehead atoms. The zero-order valence-corrected chi connectivity index (χ0v) is 10.3. The van der Waals surface area contributed by atoms with E-state index in [-0.39, 0.29) is 5.56 Å². The van der Waals surface area contributed by atoms with Crippen molar-refractivity contribution in [1.82, 2.24) is 14.5 Å². The van der Waals surface area contributed by atoms with E-state index in [1.165, 1.54) is 25.3 Å². The summed E-state index contributed by atoms with van der Waals surface area (Å²) in [5, 5.41) is 0. The number of hydrogen-bond donors (Lipinski definition) is 1. The third kappa shape index (κ3) is 2.59. The predicted octanol–water partition coefficient (Wildman–Crippen LogP) is 1.39. The fourth-order valence-corrected chi connectivity index (χ4v) is 2.43. The van der Waals surface area contributed by atoms with Crippen LogP contribution < -0.4 is 5.56 Å². The summed E-state index contributed by atoms with van der Waals surface area (Å²) in [5.74, 6) is 0. The molecule has 1 aliphatic rings. The van der Waals surface area contributed by atoms with Crippen molar-refractivity contribution in [2.24, 2.45) is 0 Å². The lowest BCUT2D eigenvalue weighted by molar-refractivity contribution is 0.166. The summed E-state index contributed by atoms with van der Waals surface area (Å²) in [6.45, 7) is 2.02. The molecule has 1 aromatic heterocycles. The van der Waals surface area contributed by atoms with Crippen LogP contribution in [0.2, 0.25) is 0 Å². The molecule has 0 saturated carbocycles. The van der Waals surface area contributed by atoms with Gasteiger partial charge in [-0.1, -0.05) is 6.42 Å². The molecule has 1 N–H and O–H groups in total. The Hall–Kier alpha value is -0.940. The van der Waals surface area contributed by atoms with Gasteiger partial charge in [-0.15, -0.1) is 0 Å². The molecule has 1 atom stereocenters. The molecule has 1 fully saturated rings. The first kappa shape index (κ1) is 11.5. The summed E-state index contributed by atoms with van der Waals surface area (Å²) in [7, 11) is 2.15. The Labute approximate surface area is 99.9 Å². The van der Waals surface area contributed by atoms with E-state index < -0.39 is 0 Å². The van der Waals surface area contributed by atoms with E-state index in [1.54, 1.807) is 6.20 Å². The molecule has 1 unspecified atom stereocenters. The molecule has 1 aliphatic heterocycles. The summed E-state index contributed by atoms with van der Waals surface area (Å²) >= 11 is 5.14. The number of nitrogens with zero attached hydrogens (tertiary/aromatic N) is 2. The van der Waals surface area contributed by atoms with Crippen LogP contribution in [0.1, 0.15) is 19.3 Å². The van der Waals surface area contributed by atoms with Crippen molar-refractivity contribution in [3.05, 3.63) is 27.4 Å². The van der Waals surface area contributed by atoms with Gasteiger partial charge in [0.1, 0.15) is 0 Å². The number of rotatable bonds is 2. The largest absolute Gasteiger partial charge is 0.324 e. The van der Waals surface area contributed by atoms with Crippen LogP contribution in [0.4, 0.5) is 0 Å². The van der Waals surface area contributed by atoms with Gasteiger partial charge in [0.2, 0.25) is 0 Å². The van der Waals surface area contributed by atoms with Crippen molar-refractivity contribution < 1.29 is 0 Å². The molecular weight excluding hydrogens is 222 g/mol. The smallest absolute Gasteiger partial charge is 0.251 e. The van der Waals surface area contributed by atoms with E-state index in [1.807, 2.05) is 4.57 Å². The zero-order valence-electron chi connectivity index (χ0n) is 9.48. The molecule has 2 heterocycles. The van der Waals surface area contributed by atoms with E-state index in [9.17, 15) is 4.79 Å². The first-order valence-corrected chi connectivity index (χ1v) is 6.07. The van der Waals surface area contributed by atoms with Gasteiger partial charge in [-0.25, -0.2) is 0 Å². The van der Waals surface area contributed by atoms with Crippen LogP contribution in [-0.4, -0.2) is 34.1 Å². The van der Waals surface area contributed by atoms with Gasteiger partial charge in [0, 0.05) is 24.8 Å². The Balaban J connectivity index is 2.14. The van der Waals surface area contributed by atoms with E-state index in [4.69, 9.17) is 12.2 Å². The van der Waals surface area contributed by atoms with Gasteiger partial charge in [-0.3, -0.25) is 9.78 Å². The highest BCUT2D eigenvalue weighted by molar-refractivity contribution is 7.71. The van der Waals surface area contributed by atoms with Gasteiger partial charge in [-0.05, 0) is 38.7 Å². The van der Waals surface area contributed by atoms with Crippen molar-refractivity contribution in [2.45, 2.75) is 31.8 Å². The second kappa shape index (κ2) is 4.93. The molecule has 4 nitrogen and oxygen atoms in total. The summed E-state index contributed by atoms with van der Waals surface area (Å²) < 4.78 is 2.47. The minimum absolute atomic E-state index is 0.127. The molecule has 2 rings (SSSR count). The molecule has 88 valence electrons. The number of likely N-dealkylation sites (tertiary alicyclic amines) is 1. The summed E-state index contributed by atoms with van der Waals surface area (Å²) in [6, 6.07) is 2.06. The Kier molecular flexibility index (Phi) is 3.56. The van der Waals surface area contributed by atoms with Gasteiger partial charge >= 0.3 is 0 Å². The van der Waals surface area contributed by atoms with E-state index in [0.717, 1.165) is 13.1 Å². The van der Waals surface area contributed by atoms with E-state index in [0.29, 0.717) is 10.8 Å². The maximum atomic E-state index is 11.1. The molecule has 0 radical (unpaired) electrons. The Morgan fingerprint density at radius 1 is 1.56 bits per heavy atom. The Morgan fingerprint density at radius 2 is 2.38 bits per heavy atom. The average Bonchev–Trinajstić information content (AvgIpc) is 2.25. The van der Waals surface area contributed by atoms with Crippen molar-refractivity contribution >= 4 is 12.2 Å².